The number of hydrogen-bond donors (Lipinski definition) is 0. The summed E-state index contributed by atoms with van der Waals surface area (Å²) in [5.74, 6) is -2.34. The lowest BCUT2D eigenvalue weighted by Crippen LogP contribution is -2.54. The Morgan fingerprint density at radius 2 is 2.08 bits per heavy atom. The molecular weight excluding hydrogens is 340 g/mol. The van der Waals surface area contributed by atoms with Gasteiger partial charge >= 0.3 is 6.09 Å². The van der Waals surface area contributed by atoms with Crippen molar-refractivity contribution in [1.82, 2.24) is 9.88 Å². The lowest BCUT2D eigenvalue weighted by Gasteiger charge is -2.54. The second kappa shape index (κ2) is 6.19. The molecule has 1 unspecified atom stereocenters. The van der Waals surface area contributed by atoms with Crippen LogP contribution in [0.5, 0.6) is 0 Å². The van der Waals surface area contributed by atoms with E-state index in [9.17, 15) is 13.6 Å². The van der Waals surface area contributed by atoms with Crippen LogP contribution in [-0.2, 0) is 4.74 Å². The molecule has 1 saturated heterocycles. The minimum absolute atomic E-state index is 0.133. The molecule has 0 radical (unpaired) electrons. The van der Waals surface area contributed by atoms with Crippen LogP contribution in [0.4, 0.5) is 19.4 Å². The normalized spacial score (nSPS) is 23.8. The largest absolute Gasteiger partial charge is 0.444 e. The highest BCUT2D eigenvalue weighted by Crippen LogP contribution is 2.60. The van der Waals surface area contributed by atoms with Crippen molar-refractivity contribution in [1.29, 1.82) is 0 Å². The zero-order valence-corrected chi connectivity index (χ0v) is 15.3. The molecule has 0 N–H and O–H groups in total. The van der Waals surface area contributed by atoms with Crippen LogP contribution in [0.1, 0.15) is 58.1 Å². The van der Waals surface area contributed by atoms with Gasteiger partial charge in [-0.2, -0.15) is 0 Å². The molecule has 1 amide bonds. The van der Waals surface area contributed by atoms with E-state index in [0.717, 1.165) is 5.56 Å². The fraction of sp³-hybridized carbons (Fsp3) is 0.632. The molecule has 1 aromatic heterocycles. The lowest BCUT2D eigenvalue weighted by atomic mass is 9.59. The first-order valence-corrected chi connectivity index (χ1v) is 8.73. The first kappa shape index (κ1) is 18.6. The summed E-state index contributed by atoms with van der Waals surface area (Å²) in [6.07, 6.45) is 1.86. The maximum Gasteiger partial charge on any atom is 0.410 e. The summed E-state index contributed by atoms with van der Waals surface area (Å²) in [4.78, 5) is 21.6. The average molecular weight is 363 g/mol. The van der Waals surface area contributed by atoms with Crippen molar-refractivity contribution < 1.29 is 18.3 Å². The predicted molar refractivity (Wildman–Crippen MR) is 92.0 cm³/mol. The van der Waals surface area contributed by atoms with Crippen LogP contribution in [0, 0.1) is 12.0 Å². The Morgan fingerprint density at radius 1 is 1.38 bits per heavy atom. The zero-order chi connectivity index (χ0) is 19.2. The molecule has 1 aliphatic carbocycles. The topological polar surface area (TPSA) is 46.8 Å². The van der Waals surface area contributed by atoms with Crippen molar-refractivity contribution in [3.63, 3.8) is 0 Å². The number of halogens is 2. The Labute approximate surface area is 152 Å². The minimum Gasteiger partial charge on any atom is -0.444 e. The van der Waals surface area contributed by atoms with E-state index in [0.29, 0.717) is 19.4 Å². The van der Waals surface area contributed by atoms with Crippen LogP contribution < -0.4 is 0 Å². The molecule has 1 atom stereocenters. The summed E-state index contributed by atoms with van der Waals surface area (Å²) < 4.78 is 32.6. The number of carbonyl (C=O) groups excluding carboxylic acids is 1. The quantitative estimate of drug-likeness (QED) is 0.651. The number of hydrogen-bond acceptors (Lipinski definition) is 3. The van der Waals surface area contributed by atoms with Crippen LogP contribution in [0.15, 0.2) is 18.3 Å². The van der Waals surface area contributed by atoms with E-state index in [1.807, 2.05) is 0 Å². The Balaban J connectivity index is 1.86. The molecule has 5 nitrogen and oxygen atoms in total. The van der Waals surface area contributed by atoms with Crippen molar-refractivity contribution in [3.05, 3.63) is 35.3 Å². The van der Waals surface area contributed by atoms with E-state index in [1.54, 1.807) is 44.0 Å². The van der Waals surface area contributed by atoms with Gasteiger partial charge in [0.2, 0.25) is 5.92 Å². The molecule has 1 aliphatic heterocycles. The van der Waals surface area contributed by atoms with Gasteiger partial charge in [-0.1, -0.05) is 12.6 Å². The van der Waals surface area contributed by atoms with Crippen LogP contribution in [0.2, 0.25) is 0 Å². The Hall–Kier alpha value is -2.23. The van der Waals surface area contributed by atoms with E-state index in [-0.39, 0.29) is 24.7 Å². The number of ether oxygens (including phenoxy) is 1. The first-order valence-electron chi connectivity index (χ1n) is 8.73. The number of pyridine rings is 1. The summed E-state index contributed by atoms with van der Waals surface area (Å²) in [5, 5.41) is 0. The van der Waals surface area contributed by atoms with Crippen molar-refractivity contribution in [2.24, 2.45) is 5.41 Å². The number of rotatable bonds is 1. The van der Waals surface area contributed by atoms with Gasteiger partial charge in [-0.05, 0) is 45.1 Å². The molecule has 26 heavy (non-hydrogen) atoms. The van der Waals surface area contributed by atoms with Crippen molar-refractivity contribution in [2.45, 2.75) is 64.0 Å². The molecule has 2 heterocycles. The van der Waals surface area contributed by atoms with Gasteiger partial charge in [0.25, 0.3) is 5.82 Å². The second-order valence-corrected chi connectivity index (χ2v) is 8.41. The molecule has 3 rings (SSSR count). The van der Waals surface area contributed by atoms with E-state index in [4.69, 9.17) is 11.3 Å². The van der Waals surface area contributed by atoms with Gasteiger partial charge in [0.15, 0.2) is 0 Å². The maximum absolute atomic E-state index is 13.5. The SMILES string of the molecule is [C-]#[N+]c1ccc(C2CC3(CCN2C(=O)OC(C)(C)C)CC(F)(F)C3)cn1. The predicted octanol–water partition coefficient (Wildman–Crippen LogP) is 5.12. The second-order valence-electron chi connectivity index (χ2n) is 8.41. The first-order chi connectivity index (χ1) is 12.0. The molecule has 0 aromatic carbocycles. The van der Waals surface area contributed by atoms with Gasteiger partial charge < -0.3 is 14.5 Å². The third-order valence-electron chi connectivity index (χ3n) is 5.05. The number of alkyl halides is 2. The maximum atomic E-state index is 13.5. The van der Waals surface area contributed by atoms with Crippen molar-refractivity contribution >= 4 is 11.9 Å². The van der Waals surface area contributed by atoms with Gasteiger partial charge in [-0.3, -0.25) is 0 Å². The third kappa shape index (κ3) is 3.79. The van der Waals surface area contributed by atoms with Crippen LogP contribution in [-0.4, -0.2) is 34.0 Å². The van der Waals surface area contributed by atoms with Crippen LogP contribution >= 0.6 is 0 Å². The molecule has 2 fully saturated rings. The fourth-order valence-corrected chi connectivity index (χ4v) is 4.00. The van der Waals surface area contributed by atoms with E-state index in [2.05, 4.69) is 9.83 Å². The molecule has 0 bridgehead atoms. The number of aromatic nitrogens is 1. The van der Waals surface area contributed by atoms with Gasteiger partial charge in [-0.15, -0.1) is 4.98 Å². The zero-order valence-electron chi connectivity index (χ0n) is 15.3. The van der Waals surface area contributed by atoms with Crippen LogP contribution in [0.3, 0.4) is 0 Å². The van der Waals surface area contributed by atoms with Crippen molar-refractivity contribution in [3.8, 4) is 0 Å². The van der Waals surface area contributed by atoms with E-state index < -0.39 is 23.0 Å². The average Bonchev–Trinajstić information content (AvgIpc) is 2.51. The standard InChI is InChI=1S/C19H23F2N3O2/c1-17(2,3)26-16(25)24-8-7-18(11-19(20,21)12-18)9-14(24)13-5-6-15(22-4)23-10-13/h5-6,10,14H,7-9,11-12H2,1-3H3. The monoisotopic (exact) mass is 363 g/mol. The number of carbonyl (C=O) groups is 1. The number of likely N-dealkylation sites (tertiary alicyclic amines) is 1. The molecule has 1 saturated carbocycles. The highest BCUT2D eigenvalue weighted by molar-refractivity contribution is 5.69. The van der Waals surface area contributed by atoms with E-state index in [1.165, 1.54) is 0 Å². The molecular formula is C19H23F2N3O2. The number of piperidine rings is 1. The Bertz CT molecular complexity index is 727. The van der Waals surface area contributed by atoms with E-state index >= 15 is 0 Å². The smallest absolute Gasteiger partial charge is 0.410 e. The number of nitrogens with zero attached hydrogens (tertiary/aromatic N) is 3. The molecule has 2 aliphatic rings. The molecule has 7 heteroatoms. The highest BCUT2D eigenvalue weighted by Gasteiger charge is 2.59. The molecule has 1 spiro atoms. The highest BCUT2D eigenvalue weighted by atomic mass is 19.3. The summed E-state index contributed by atoms with van der Waals surface area (Å²) in [6.45, 7) is 12.8. The van der Waals surface area contributed by atoms with Gasteiger partial charge in [-0.25, -0.2) is 13.6 Å². The van der Waals surface area contributed by atoms with Gasteiger partial charge in [0.05, 0.1) is 6.04 Å². The Kier molecular flexibility index (Phi) is 4.41. The minimum atomic E-state index is -2.61. The summed E-state index contributed by atoms with van der Waals surface area (Å²) in [6, 6.07) is 2.96. The lowest BCUT2D eigenvalue weighted by molar-refractivity contribution is -0.183. The van der Waals surface area contributed by atoms with Gasteiger partial charge in [0.1, 0.15) is 11.8 Å². The van der Waals surface area contributed by atoms with Crippen molar-refractivity contribution in [2.75, 3.05) is 6.54 Å². The molecule has 140 valence electrons. The third-order valence-corrected chi connectivity index (χ3v) is 5.05. The summed E-state index contributed by atoms with van der Waals surface area (Å²) >= 11 is 0. The van der Waals surface area contributed by atoms with Crippen LogP contribution in [0.25, 0.3) is 4.85 Å². The Morgan fingerprint density at radius 3 is 2.58 bits per heavy atom. The summed E-state index contributed by atoms with van der Waals surface area (Å²) in [7, 11) is 0. The van der Waals surface area contributed by atoms with Gasteiger partial charge in [0, 0.05) is 24.9 Å². The molecule has 1 aromatic rings. The summed E-state index contributed by atoms with van der Waals surface area (Å²) in [5.41, 5.74) is -0.324. The fourth-order valence-electron chi connectivity index (χ4n) is 4.00. The number of amides is 1.